The standard InChI is InChI=1S/C15H18N2O3S/c1-11-7-12(2)15(20-3)14(8-11)21(18,19)17-10-13-5-4-6-16-9-13/h4-9,17H,10H2,1-3H3. The molecule has 1 aromatic heterocycles. The highest BCUT2D eigenvalue weighted by molar-refractivity contribution is 7.89. The van der Waals surface area contributed by atoms with Crippen molar-refractivity contribution in [1.29, 1.82) is 0 Å². The van der Waals surface area contributed by atoms with E-state index in [4.69, 9.17) is 4.74 Å². The van der Waals surface area contributed by atoms with E-state index in [-0.39, 0.29) is 11.4 Å². The minimum absolute atomic E-state index is 0.159. The molecule has 1 heterocycles. The lowest BCUT2D eigenvalue weighted by Crippen LogP contribution is -2.24. The van der Waals surface area contributed by atoms with Crippen molar-refractivity contribution in [3.8, 4) is 5.75 Å². The number of hydrogen-bond acceptors (Lipinski definition) is 4. The van der Waals surface area contributed by atoms with Crippen molar-refractivity contribution in [2.75, 3.05) is 7.11 Å². The first kappa shape index (κ1) is 15.5. The van der Waals surface area contributed by atoms with E-state index in [0.717, 1.165) is 16.7 Å². The second-order valence-electron chi connectivity index (χ2n) is 4.80. The van der Waals surface area contributed by atoms with Gasteiger partial charge in [-0.2, -0.15) is 0 Å². The van der Waals surface area contributed by atoms with Gasteiger partial charge in [-0.3, -0.25) is 4.98 Å². The van der Waals surface area contributed by atoms with E-state index in [1.165, 1.54) is 7.11 Å². The van der Waals surface area contributed by atoms with Gasteiger partial charge >= 0.3 is 0 Å². The summed E-state index contributed by atoms with van der Waals surface area (Å²) in [6, 6.07) is 7.08. The van der Waals surface area contributed by atoms with Crippen LogP contribution >= 0.6 is 0 Å². The van der Waals surface area contributed by atoms with Crippen LogP contribution in [0.3, 0.4) is 0 Å². The third-order valence-electron chi connectivity index (χ3n) is 3.07. The lowest BCUT2D eigenvalue weighted by atomic mass is 10.1. The van der Waals surface area contributed by atoms with Crippen molar-refractivity contribution in [1.82, 2.24) is 9.71 Å². The van der Waals surface area contributed by atoms with Crippen LogP contribution in [0.2, 0.25) is 0 Å². The molecule has 21 heavy (non-hydrogen) atoms. The van der Waals surface area contributed by atoms with Gasteiger partial charge in [-0.05, 0) is 42.7 Å². The summed E-state index contributed by atoms with van der Waals surface area (Å²) in [6.45, 7) is 3.87. The van der Waals surface area contributed by atoms with Gasteiger partial charge in [-0.15, -0.1) is 0 Å². The third-order valence-corrected chi connectivity index (χ3v) is 4.47. The van der Waals surface area contributed by atoms with Crippen LogP contribution in [0.25, 0.3) is 0 Å². The molecule has 5 nitrogen and oxygen atoms in total. The molecule has 0 spiro atoms. The topological polar surface area (TPSA) is 68.3 Å². The predicted octanol–water partition coefficient (Wildman–Crippen LogP) is 2.19. The van der Waals surface area contributed by atoms with Crippen molar-refractivity contribution >= 4 is 10.0 Å². The predicted molar refractivity (Wildman–Crippen MR) is 80.7 cm³/mol. The van der Waals surface area contributed by atoms with Gasteiger partial charge in [0.05, 0.1) is 7.11 Å². The number of methoxy groups -OCH3 is 1. The Morgan fingerprint density at radius 3 is 2.67 bits per heavy atom. The fourth-order valence-electron chi connectivity index (χ4n) is 2.14. The Kier molecular flexibility index (Phi) is 4.59. The Bertz CT molecular complexity index is 728. The van der Waals surface area contributed by atoms with Gasteiger partial charge in [-0.25, -0.2) is 13.1 Å². The maximum atomic E-state index is 12.5. The molecule has 0 radical (unpaired) electrons. The SMILES string of the molecule is COc1c(C)cc(C)cc1S(=O)(=O)NCc1cccnc1. The molecule has 2 rings (SSSR count). The Hall–Kier alpha value is -1.92. The highest BCUT2D eigenvalue weighted by Gasteiger charge is 2.21. The Balaban J connectivity index is 2.32. The van der Waals surface area contributed by atoms with Crippen LogP contribution in [0.4, 0.5) is 0 Å². The number of aryl methyl sites for hydroxylation is 2. The molecule has 1 N–H and O–H groups in total. The molecule has 2 aromatic rings. The fraction of sp³-hybridized carbons (Fsp3) is 0.267. The molecule has 0 fully saturated rings. The average molecular weight is 306 g/mol. The van der Waals surface area contributed by atoms with Crippen LogP contribution in [0.1, 0.15) is 16.7 Å². The van der Waals surface area contributed by atoms with E-state index in [2.05, 4.69) is 9.71 Å². The van der Waals surface area contributed by atoms with E-state index < -0.39 is 10.0 Å². The average Bonchev–Trinajstić information content (AvgIpc) is 2.46. The van der Waals surface area contributed by atoms with Crippen LogP contribution in [0.5, 0.6) is 5.75 Å². The Labute approximate surface area is 125 Å². The zero-order valence-electron chi connectivity index (χ0n) is 12.3. The quantitative estimate of drug-likeness (QED) is 0.919. The van der Waals surface area contributed by atoms with Gasteiger partial charge in [0.15, 0.2) is 0 Å². The number of nitrogens with zero attached hydrogens (tertiary/aromatic N) is 1. The maximum absolute atomic E-state index is 12.5. The van der Waals surface area contributed by atoms with Gasteiger partial charge in [0.2, 0.25) is 10.0 Å². The molecule has 0 aliphatic carbocycles. The van der Waals surface area contributed by atoms with Crippen molar-refractivity contribution < 1.29 is 13.2 Å². The largest absolute Gasteiger partial charge is 0.495 e. The van der Waals surface area contributed by atoms with E-state index in [0.29, 0.717) is 5.75 Å². The smallest absolute Gasteiger partial charge is 0.244 e. The summed E-state index contributed by atoms with van der Waals surface area (Å²) in [6.07, 6.45) is 3.27. The summed E-state index contributed by atoms with van der Waals surface area (Å²) in [5, 5.41) is 0. The monoisotopic (exact) mass is 306 g/mol. The summed E-state index contributed by atoms with van der Waals surface area (Å²) < 4.78 is 32.8. The van der Waals surface area contributed by atoms with Crippen LogP contribution in [-0.4, -0.2) is 20.5 Å². The lowest BCUT2D eigenvalue weighted by molar-refractivity contribution is 0.399. The van der Waals surface area contributed by atoms with E-state index in [1.54, 1.807) is 24.5 Å². The van der Waals surface area contributed by atoms with Gasteiger partial charge in [0.1, 0.15) is 10.6 Å². The molecule has 1 aromatic carbocycles. The molecule has 0 atom stereocenters. The normalized spacial score (nSPS) is 11.4. The van der Waals surface area contributed by atoms with Crippen LogP contribution in [0, 0.1) is 13.8 Å². The number of benzene rings is 1. The molecular formula is C15H18N2O3S. The van der Waals surface area contributed by atoms with E-state index >= 15 is 0 Å². The Morgan fingerprint density at radius 2 is 2.05 bits per heavy atom. The van der Waals surface area contributed by atoms with Crippen LogP contribution < -0.4 is 9.46 Å². The summed E-state index contributed by atoms with van der Waals surface area (Å²) >= 11 is 0. The van der Waals surface area contributed by atoms with E-state index in [9.17, 15) is 8.42 Å². The molecule has 0 amide bonds. The summed E-state index contributed by atoms with van der Waals surface area (Å²) in [5.74, 6) is 0.374. The van der Waals surface area contributed by atoms with Crippen molar-refractivity contribution in [2.45, 2.75) is 25.3 Å². The highest BCUT2D eigenvalue weighted by Crippen LogP contribution is 2.29. The number of nitrogens with one attached hydrogen (secondary N) is 1. The molecule has 0 aliphatic heterocycles. The van der Waals surface area contributed by atoms with Crippen LogP contribution in [-0.2, 0) is 16.6 Å². The summed E-state index contributed by atoms with van der Waals surface area (Å²) in [5.41, 5.74) is 2.46. The zero-order valence-corrected chi connectivity index (χ0v) is 13.1. The molecule has 112 valence electrons. The van der Waals surface area contributed by atoms with Crippen molar-refractivity contribution in [3.63, 3.8) is 0 Å². The number of ether oxygens (including phenoxy) is 1. The minimum atomic E-state index is -3.65. The maximum Gasteiger partial charge on any atom is 0.244 e. The second-order valence-corrected chi connectivity index (χ2v) is 6.53. The minimum Gasteiger partial charge on any atom is -0.495 e. The first-order chi connectivity index (χ1) is 9.94. The Morgan fingerprint density at radius 1 is 1.29 bits per heavy atom. The first-order valence-corrected chi connectivity index (χ1v) is 7.96. The van der Waals surface area contributed by atoms with Gasteiger partial charge in [0.25, 0.3) is 0 Å². The first-order valence-electron chi connectivity index (χ1n) is 6.48. The molecule has 0 aliphatic rings. The van der Waals surface area contributed by atoms with Crippen molar-refractivity contribution in [2.24, 2.45) is 0 Å². The number of pyridine rings is 1. The molecule has 6 heteroatoms. The number of hydrogen-bond donors (Lipinski definition) is 1. The third kappa shape index (κ3) is 3.59. The second kappa shape index (κ2) is 6.24. The van der Waals surface area contributed by atoms with Gasteiger partial charge in [0, 0.05) is 18.9 Å². The summed E-state index contributed by atoms with van der Waals surface area (Å²) in [4.78, 5) is 4.12. The summed E-state index contributed by atoms with van der Waals surface area (Å²) in [7, 11) is -2.18. The molecule has 0 bridgehead atoms. The van der Waals surface area contributed by atoms with Crippen LogP contribution in [0.15, 0.2) is 41.6 Å². The molecule has 0 saturated heterocycles. The van der Waals surface area contributed by atoms with E-state index in [1.807, 2.05) is 26.0 Å². The van der Waals surface area contributed by atoms with Gasteiger partial charge < -0.3 is 4.74 Å². The lowest BCUT2D eigenvalue weighted by Gasteiger charge is -2.14. The highest BCUT2D eigenvalue weighted by atomic mass is 32.2. The fourth-order valence-corrected chi connectivity index (χ4v) is 3.48. The zero-order chi connectivity index (χ0) is 15.5. The molecule has 0 unspecified atom stereocenters. The van der Waals surface area contributed by atoms with Gasteiger partial charge in [-0.1, -0.05) is 12.1 Å². The molecule has 0 saturated carbocycles. The number of aromatic nitrogens is 1. The molecular weight excluding hydrogens is 288 g/mol. The van der Waals surface area contributed by atoms with Crippen molar-refractivity contribution in [3.05, 3.63) is 53.3 Å². The number of rotatable bonds is 5. The number of sulfonamides is 1.